The first kappa shape index (κ1) is 28.0. The van der Waals surface area contributed by atoms with Crippen LogP contribution in [0.5, 0.6) is 11.5 Å². The molecule has 2 heterocycles. The Labute approximate surface area is 243 Å². The number of aliphatic imine (C=N–C) groups is 1. The Morgan fingerprint density at radius 3 is 2.37 bits per heavy atom. The summed E-state index contributed by atoms with van der Waals surface area (Å²) in [6, 6.07) is 24.2. The maximum Gasteiger partial charge on any atom is 0.338 e. The highest BCUT2D eigenvalue weighted by molar-refractivity contribution is 8.16. The summed E-state index contributed by atoms with van der Waals surface area (Å²) in [5.74, 6) is 0.374. The number of carbonyl (C=O) groups excluding carboxylic acids is 2. The van der Waals surface area contributed by atoms with Gasteiger partial charge in [0, 0.05) is 23.4 Å². The molecule has 0 radical (unpaired) electrons. The van der Waals surface area contributed by atoms with Crippen molar-refractivity contribution in [1.82, 2.24) is 10.2 Å². The van der Waals surface area contributed by atoms with Gasteiger partial charge >= 0.3 is 5.97 Å². The molecule has 0 bridgehead atoms. The van der Waals surface area contributed by atoms with Gasteiger partial charge in [-0.2, -0.15) is 0 Å². The number of nitrogens with one attached hydrogen (secondary N) is 1. The summed E-state index contributed by atoms with van der Waals surface area (Å²) < 4.78 is 17.0. The Hall–Kier alpha value is -4.50. The number of ether oxygens (including phenoxy) is 3. The van der Waals surface area contributed by atoms with Gasteiger partial charge < -0.3 is 24.4 Å². The van der Waals surface area contributed by atoms with E-state index in [0.29, 0.717) is 45.7 Å². The largest absolute Gasteiger partial charge is 0.493 e. The van der Waals surface area contributed by atoms with Gasteiger partial charge in [0.25, 0.3) is 0 Å². The number of esters is 1. The van der Waals surface area contributed by atoms with Gasteiger partial charge in [-0.25, -0.2) is 9.79 Å². The van der Waals surface area contributed by atoms with Crippen LogP contribution < -0.4 is 14.8 Å². The van der Waals surface area contributed by atoms with Gasteiger partial charge in [0.1, 0.15) is 0 Å². The lowest BCUT2D eigenvalue weighted by molar-refractivity contribution is -0.139. The lowest BCUT2D eigenvalue weighted by atomic mass is 9.90. The van der Waals surface area contributed by atoms with Crippen LogP contribution in [-0.4, -0.2) is 42.8 Å². The second-order valence-electron chi connectivity index (χ2n) is 9.26. The zero-order valence-corrected chi connectivity index (χ0v) is 23.9. The fourth-order valence-corrected chi connectivity index (χ4v) is 5.85. The van der Waals surface area contributed by atoms with E-state index in [1.165, 1.54) is 11.8 Å². The Balaban J connectivity index is 1.60. The molecule has 0 fully saturated rings. The van der Waals surface area contributed by atoms with E-state index >= 15 is 0 Å². The van der Waals surface area contributed by atoms with Crippen molar-refractivity contribution in [3.8, 4) is 11.5 Å². The van der Waals surface area contributed by atoms with E-state index in [1.807, 2.05) is 83.1 Å². The quantitative estimate of drug-likeness (QED) is 0.314. The predicted molar refractivity (Wildman–Crippen MR) is 160 cm³/mol. The maximum atomic E-state index is 13.7. The third kappa shape index (κ3) is 5.85. The van der Waals surface area contributed by atoms with E-state index in [1.54, 1.807) is 27.2 Å². The fraction of sp³-hybridized carbons (Fsp3) is 0.219. The topological polar surface area (TPSA) is 89.5 Å². The molecule has 2 aliphatic rings. The smallest absolute Gasteiger partial charge is 0.338 e. The molecule has 0 aromatic heterocycles. The number of para-hydroxylation sites is 1. The highest BCUT2D eigenvalue weighted by atomic mass is 32.2. The van der Waals surface area contributed by atoms with Crippen molar-refractivity contribution in [1.29, 1.82) is 0 Å². The van der Waals surface area contributed by atoms with Crippen molar-refractivity contribution in [2.75, 3.05) is 20.8 Å². The molecule has 41 heavy (non-hydrogen) atoms. The number of amidine groups is 1. The number of carbonyl (C=O) groups is 2. The van der Waals surface area contributed by atoms with Gasteiger partial charge in [-0.3, -0.25) is 4.79 Å². The Bertz CT molecular complexity index is 1520. The number of rotatable bonds is 10. The van der Waals surface area contributed by atoms with Crippen LogP contribution in [-0.2, 0) is 20.9 Å². The van der Waals surface area contributed by atoms with Crippen molar-refractivity contribution in [2.24, 2.45) is 4.99 Å². The summed E-state index contributed by atoms with van der Waals surface area (Å²) in [5.41, 5.74) is 4.06. The van der Waals surface area contributed by atoms with E-state index in [4.69, 9.17) is 19.2 Å². The van der Waals surface area contributed by atoms with E-state index in [0.717, 1.165) is 11.1 Å². The zero-order valence-electron chi connectivity index (χ0n) is 23.1. The first-order valence-corrected chi connectivity index (χ1v) is 14.2. The molecule has 1 amide bonds. The van der Waals surface area contributed by atoms with Crippen LogP contribution in [0.3, 0.4) is 0 Å². The normalized spacial score (nSPS) is 16.0. The average molecular weight is 570 g/mol. The summed E-state index contributed by atoms with van der Waals surface area (Å²) in [5, 5.41) is 5.57. The molecule has 0 saturated carbocycles. The molecule has 5 rings (SSSR count). The number of hydrogen-bond acceptors (Lipinski definition) is 8. The zero-order chi connectivity index (χ0) is 28.8. The summed E-state index contributed by atoms with van der Waals surface area (Å²) in [6.45, 7) is 2.38. The summed E-state index contributed by atoms with van der Waals surface area (Å²) in [7, 11) is 3.14. The summed E-state index contributed by atoms with van der Waals surface area (Å²) >= 11 is 1.41. The van der Waals surface area contributed by atoms with Gasteiger partial charge in [0.15, 0.2) is 16.7 Å². The molecule has 9 heteroatoms. The van der Waals surface area contributed by atoms with Crippen LogP contribution in [0.15, 0.2) is 101 Å². The van der Waals surface area contributed by atoms with Gasteiger partial charge in [0.05, 0.1) is 44.6 Å². The van der Waals surface area contributed by atoms with Crippen LogP contribution >= 0.6 is 11.8 Å². The predicted octanol–water partition coefficient (Wildman–Crippen LogP) is 5.69. The molecule has 1 atom stereocenters. The standard InChI is InChI=1S/C32H31N3O5S/c1-4-40-31(37)27-28(22-14-9-6-10-15-22)34-32-35(29(27)24-16-11-17-25(38-2)30(24)39-3)23(20-41-32)18-26(36)33-19-21-12-7-5-8-13-21/h5-17,20,29H,4,18-19H2,1-3H3,(H,33,36). The molecular formula is C32H31N3O5S. The molecular weight excluding hydrogens is 538 g/mol. The van der Waals surface area contributed by atoms with Crippen LogP contribution in [0.25, 0.3) is 5.70 Å². The van der Waals surface area contributed by atoms with Gasteiger partial charge in [-0.05, 0) is 24.0 Å². The molecule has 1 unspecified atom stereocenters. The van der Waals surface area contributed by atoms with Gasteiger partial charge in [-0.15, -0.1) is 0 Å². The van der Waals surface area contributed by atoms with Crippen molar-refractivity contribution < 1.29 is 23.8 Å². The first-order chi connectivity index (χ1) is 20.0. The molecule has 8 nitrogen and oxygen atoms in total. The molecule has 0 spiro atoms. The summed E-state index contributed by atoms with van der Waals surface area (Å²) in [4.78, 5) is 33.8. The van der Waals surface area contributed by atoms with Crippen LogP contribution in [0, 0.1) is 0 Å². The number of thioether (sulfide) groups is 1. The lowest BCUT2D eigenvalue weighted by Crippen LogP contribution is -2.38. The molecule has 1 N–H and O–H groups in total. The number of nitrogens with zero attached hydrogens (tertiary/aromatic N) is 2. The minimum absolute atomic E-state index is 0.0956. The average Bonchev–Trinajstić information content (AvgIpc) is 3.41. The van der Waals surface area contributed by atoms with E-state index in [9.17, 15) is 9.59 Å². The minimum Gasteiger partial charge on any atom is -0.493 e. The highest BCUT2D eigenvalue weighted by Crippen LogP contribution is 2.50. The van der Waals surface area contributed by atoms with Crippen LogP contribution in [0.1, 0.15) is 36.1 Å². The second kappa shape index (κ2) is 12.8. The monoisotopic (exact) mass is 569 g/mol. The van der Waals surface area contributed by atoms with Crippen molar-refractivity contribution >= 4 is 34.5 Å². The Kier molecular flexibility index (Phi) is 8.74. The highest BCUT2D eigenvalue weighted by Gasteiger charge is 2.43. The van der Waals surface area contributed by atoms with Crippen molar-refractivity contribution in [2.45, 2.75) is 25.9 Å². The van der Waals surface area contributed by atoms with E-state index < -0.39 is 12.0 Å². The number of benzene rings is 3. The molecule has 210 valence electrons. The minimum atomic E-state index is -0.690. The first-order valence-electron chi connectivity index (χ1n) is 13.3. The maximum absolute atomic E-state index is 13.7. The molecule has 3 aromatic rings. The summed E-state index contributed by atoms with van der Waals surface area (Å²) in [6.07, 6.45) is 0.0956. The van der Waals surface area contributed by atoms with E-state index in [-0.39, 0.29) is 18.9 Å². The molecule has 2 aliphatic heterocycles. The molecule has 0 aliphatic carbocycles. The van der Waals surface area contributed by atoms with Gasteiger partial charge in [-0.1, -0.05) is 84.6 Å². The number of hydrogen-bond donors (Lipinski definition) is 1. The SMILES string of the molecule is CCOC(=O)C1=C(c2ccccc2)N=C2SC=C(CC(=O)NCc3ccccc3)N2C1c1cccc(OC)c1OC. The second-order valence-corrected chi connectivity index (χ2v) is 10.1. The Morgan fingerprint density at radius 1 is 0.951 bits per heavy atom. The molecule has 0 saturated heterocycles. The lowest BCUT2D eigenvalue weighted by Gasteiger charge is -2.37. The van der Waals surface area contributed by atoms with Crippen molar-refractivity contribution in [3.05, 3.63) is 112 Å². The van der Waals surface area contributed by atoms with Crippen molar-refractivity contribution in [3.63, 3.8) is 0 Å². The van der Waals surface area contributed by atoms with Crippen LogP contribution in [0.2, 0.25) is 0 Å². The number of methoxy groups -OCH3 is 2. The van der Waals surface area contributed by atoms with Crippen LogP contribution in [0.4, 0.5) is 0 Å². The Morgan fingerprint density at radius 2 is 1.68 bits per heavy atom. The van der Waals surface area contributed by atoms with Gasteiger partial charge in [0.2, 0.25) is 5.91 Å². The third-order valence-corrected chi connectivity index (χ3v) is 7.64. The molecule has 3 aromatic carbocycles. The fourth-order valence-electron chi connectivity index (χ4n) is 4.93. The van der Waals surface area contributed by atoms with E-state index in [2.05, 4.69) is 5.32 Å². The number of amides is 1. The number of fused-ring (bicyclic) bond motifs is 1. The third-order valence-electron chi connectivity index (χ3n) is 6.75.